The molecule has 0 N–H and O–H groups in total. The van der Waals surface area contributed by atoms with E-state index in [4.69, 9.17) is 14.7 Å². The van der Waals surface area contributed by atoms with Crippen molar-refractivity contribution in [1.29, 1.82) is 0 Å². The molecule has 0 saturated carbocycles. The Balaban J connectivity index is 1.39. The molecule has 2 aliphatic heterocycles. The smallest absolute Gasteiger partial charge is 0.273 e. The Bertz CT molecular complexity index is 1440. The number of ether oxygens (including phenoxy) is 1. The predicted octanol–water partition coefficient (Wildman–Crippen LogP) is 4.82. The minimum absolute atomic E-state index is 0.0665. The van der Waals surface area contributed by atoms with Gasteiger partial charge in [-0.05, 0) is 48.4 Å². The molecule has 1 unspecified atom stereocenters. The van der Waals surface area contributed by atoms with Gasteiger partial charge >= 0.3 is 0 Å². The van der Waals surface area contributed by atoms with E-state index in [2.05, 4.69) is 58.0 Å². The maximum absolute atomic E-state index is 12.6. The summed E-state index contributed by atoms with van der Waals surface area (Å²) in [6.07, 6.45) is 4.64. The van der Waals surface area contributed by atoms with E-state index in [9.17, 15) is 4.79 Å². The molecule has 0 saturated heterocycles. The summed E-state index contributed by atoms with van der Waals surface area (Å²) < 4.78 is 9.96. The van der Waals surface area contributed by atoms with Crippen LogP contribution in [-0.4, -0.2) is 57.5 Å². The van der Waals surface area contributed by atoms with Crippen LogP contribution < -0.4 is 4.90 Å². The molecule has 38 heavy (non-hydrogen) atoms. The molecular weight excluding hydrogens is 564 g/mol. The third-order valence-corrected chi connectivity index (χ3v) is 9.32. The van der Waals surface area contributed by atoms with Gasteiger partial charge in [-0.25, -0.2) is 9.97 Å². The van der Waals surface area contributed by atoms with Crippen LogP contribution in [0.4, 0.5) is 5.82 Å². The molecule has 8 nitrogen and oxygen atoms in total. The van der Waals surface area contributed by atoms with Crippen molar-refractivity contribution in [2.75, 3.05) is 31.8 Å². The summed E-state index contributed by atoms with van der Waals surface area (Å²) in [5, 5.41) is 5.39. The van der Waals surface area contributed by atoms with Crippen LogP contribution in [0.2, 0.25) is 0 Å². The molecule has 0 radical (unpaired) electrons. The Hall–Kier alpha value is -2.43. The van der Waals surface area contributed by atoms with Gasteiger partial charge in [0.15, 0.2) is 10.9 Å². The largest absolute Gasteiger partial charge is 0.364 e. The lowest BCUT2D eigenvalue weighted by Crippen LogP contribution is -2.46. The van der Waals surface area contributed by atoms with Crippen molar-refractivity contribution < 1.29 is 9.53 Å². The van der Waals surface area contributed by atoms with Crippen LogP contribution in [-0.2, 0) is 42.9 Å². The lowest BCUT2D eigenvalue weighted by atomic mass is 9.71. The van der Waals surface area contributed by atoms with Crippen molar-refractivity contribution in [2.24, 2.45) is 5.41 Å². The van der Waals surface area contributed by atoms with Crippen molar-refractivity contribution in [3.63, 3.8) is 0 Å². The molecule has 3 aromatic rings. The Morgan fingerprint density at radius 2 is 1.97 bits per heavy atom. The molecule has 1 aliphatic carbocycles. The number of fused-ring (bicyclic) bond motifs is 4. The fraction of sp³-hybridized carbons (Fsp3) is 0.500. The fourth-order valence-corrected chi connectivity index (χ4v) is 7.01. The topological polar surface area (TPSA) is 76.4 Å². The van der Waals surface area contributed by atoms with Gasteiger partial charge in [0.25, 0.3) is 5.91 Å². The van der Waals surface area contributed by atoms with Crippen molar-refractivity contribution >= 4 is 39.4 Å². The molecule has 4 heterocycles. The summed E-state index contributed by atoms with van der Waals surface area (Å²) in [6, 6.07) is 8.50. The highest BCUT2D eigenvalue weighted by molar-refractivity contribution is 9.10. The summed E-state index contributed by atoms with van der Waals surface area (Å²) in [5.41, 5.74) is 5.78. The van der Waals surface area contributed by atoms with Crippen LogP contribution in [0.25, 0.3) is 0 Å². The van der Waals surface area contributed by atoms with Crippen molar-refractivity contribution in [1.82, 2.24) is 24.6 Å². The average Bonchev–Trinajstić information content (AvgIpc) is 3.29. The van der Waals surface area contributed by atoms with E-state index in [1.807, 2.05) is 17.0 Å². The number of amides is 1. The van der Waals surface area contributed by atoms with Gasteiger partial charge in [-0.1, -0.05) is 47.6 Å². The number of aromatic nitrogens is 4. The number of halogens is 1. The minimum atomic E-state index is -0.431. The lowest BCUT2D eigenvalue weighted by Gasteiger charge is -2.45. The highest BCUT2D eigenvalue weighted by atomic mass is 79.9. The number of carbonyl (C=O) groups is 1. The first-order chi connectivity index (χ1) is 18.1. The standard InChI is InChI=1S/C28H33BrN6O2S/c1-27(2)13-17-7-8-18(29)11-21(17)28(27)14-23-20(16-37-28)24(31-26(30-23)38-5)34-9-6-10-35-19(15-34)12-22(32-35)25(36)33(3)4/h7-8,11-12H,6,9-10,13-16H2,1-5H3. The molecule has 0 fully saturated rings. The monoisotopic (exact) mass is 596 g/mol. The molecule has 1 spiro atoms. The van der Waals surface area contributed by atoms with Gasteiger partial charge in [0.05, 0.1) is 24.5 Å². The number of hydrogen-bond acceptors (Lipinski definition) is 7. The summed E-state index contributed by atoms with van der Waals surface area (Å²) in [4.78, 5) is 26.5. The first-order valence-corrected chi connectivity index (χ1v) is 15.0. The normalized spacial score (nSPS) is 21.6. The first-order valence-electron chi connectivity index (χ1n) is 13.0. The molecule has 2 aromatic heterocycles. The molecule has 1 atom stereocenters. The minimum Gasteiger partial charge on any atom is -0.364 e. The molecule has 10 heteroatoms. The third kappa shape index (κ3) is 4.07. The molecule has 6 rings (SSSR count). The van der Waals surface area contributed by atoms with Crippen LogP contribution in [0.5, 0.6) is 0 Å². The molecule has 200 valence electrons. The number of rotatable bonds is 3. The lowest BCUT2D eigenvalue weighted by molar-refractivity contribution is -0.139. The Morgan fingerprint density at radius 3 is 2.74 bits per heavy atom. The van der Waals surface area contributed by atoms with Crippen LogP contribution in [0.1, 0.15) is 58.8 Å². The maximum Gasteiger partial charge on any atom is 0.273 e. The second-order valence-electron chi connectivity index (χ2n) is 11.3. The van der Waals surface area contributed by atoms with E-state index in [0.29, 0.717) is 18.8 Å². The second kappa shape index (κ2) is 9.34. The van der Waals surface area contributed by atoms with Crippen molar-refractivity contribution in [2.45, 2.75) is 63.6 Å². The quantitative estimate of drug-likeness (QED) is 0.317. The van der Waals surface area contributed by atoms with Crippen LogP contribution in [0.3, 0.4) is 0 Å². The van der Waals surface area contributed by atoms with Gasteiger partial charge in [-0.15, -0.1) is 0 Å². The van der Waals surface area contributed by atoms with E-state index in [-0.39, 0.29) is 11.3 Å². The van der Waals surface area contributed by atoms with Crippen molar-refractivity contribution in [3.8, 4) is 0 Å². The molecule has 0 bridgehead atoms. The Labute approximate surface area is 236 Å². The van der Waals surface area contributed by atoms with E-state index >= 15 is 0 Å². The van der Waals surface area contributed by atoms with E-state index in [0.717, 1.165) is 64.8 Å². The summed E-state index contributed by atoms with van der Waals surface area (Å²) >= 11 is 5.26. The zero-order chi connectivity index (χ0) is 26.8. The maximum atomic E-state index is 12.6. The highest BCUT2D eigenvalue weighted by Gasteiger charge is 2.55. The first kappa shape index (κ1) is 25.8. The zero-order valence-corrected chi connectivity index (χ0v) is 24.9. The summed E-state index contributed by atoms with van der Waals surface area (Å²) in [7, 11) is 3.51. The van der Waals surface area contributed by atoms with Gasteiger partial charge < -0.3 is 14.5 Å². The number of thioether (sulfide) groups is 1. The number of nitrogens with zero attached hydrogens (tertiary/aromatic N) is 6. The highest BCUT2D eigenvalue weighted by Crippen LogP contribution is 2.57. The van der Waals surface area contributed by atoms with Gasteiger partial charge in [0.1, 0.15) is 11.4 Å². The van der Waals surface area contributed by atoms with Gasteiger partial charge in [0, 0.05) is 49.1 Å². The number of carbonyl (C=O) groups excluding carboxylic acids is 1. The van der Waals surface area contributed by atoms with E-state index < -0.39 is 5.60 Å². The van der Waals surface area contributed by atoms with Crippen LogP contribution >= 0.6 is 27.7 Å². The predicted molar refractivity (Wildman–Crippen MR) is 152 cm³/mol. The number of anilines is 1. The van der Waals surface area contributed by atoms with Gasteiger partial charge in [0.2, 0.25) is 0 Å². The molecule has 1 aromatic carbocycles. The third-order valence-electron chi connectivity index (χ3n) is 8.28. The SMILES string of the molecule is CSc1nc2c(c(N3CCCn4nc(C(=O)N(C)C)cc4C3)n1)COC1(C2)c2cc(Br)ccc2CC1(C)C. The average molecular weight is 598 g/mol. The number of aryl methyl sites for hydroxylation is 1. The summed E-state index contributed by atoms with van der Waals surface area (Å²) in [5.74, 6) is 0.862. The second-order valence-corrected chi connectivity index (χ2v) is 13.0. The van der Waals surface area contributed by atoms with Crippen LogP contribution in [0.15, 0.2) is 33.9 Å². The number of hydrogen-bond donors (Lipinski definition) is 0. The molecular formula is C28H33BrN6O2S. The van der Waals surface area contributed by atoms with Gasteiger partial charge in [-0.3, -0.25) is 9.48 Å². The molecule has 3 aliphatic rings. The zero-order valence-electron chi connectivity index (χ0n) is 22.5. The van der Waals surface area contributed by atoms with Crippen LogP contribution in [0, 0.1) is 5.41 Å². The Morgan fingerprint density at radius 1 is 1.16 bits per heavy atom. The summed E-state index contributed by atoms with van der Waals surface area (Å²) in [6.45, 7) is 7.35. The van der Waals surface area contributed by atoms with E-state index in [1.54, 1.807) is 30.8 Å². The van der Waals surface area contributed by atoms with Crippen molar-refractivity contribution in [3.05, 3.63) is 62.5 Å². The van der Waals surface area contributed by atoms with E-state index in [1.165, 1.54) is 11.1 Å². The van der Waals surface area contributed by atoms with Gasteiger partial charge in [-0.2, -0.15) is 5.10 Å². The number of benzene rings is 1. The Kier molecular flexibility index (Phi) is 6.35. The molecule has 1 amide bonds. The fourth-order valence-electron chi connectivity index (χ4n) is 6.27.